The average molecular weight is 289 g/mol. The van der Waals surface area contributed by atoms with Crippen LogP contribution >= 0.6 is 0 Å². The summed E-state index contributed by atoms with van der Waals surface area (Å²) in [6, 6.07) is -0.428. The van der Waals surface area contributed by atoms with Crippen LogP contribution in [0, 0.1) is 17.3 Å². The van der Waals surface area contributed by atoms with Crippen LogP contribution in [-0.4, -0.2) is 28.7 Å². The third-order valence-electron chi connectivity index (χ3n) is 5.78. The molecule has 0 aromatic carbocycles. The number of nitrogens with zero attached hydrogens (tertiary/aromatic N) is 2. The van der Waals surface area contributed by atoms with Crippen molar-refractivity contribution in [2.45, 2.75) is 52.5 Å². The lowest BCUT2D eigenvalue weighted by molar-refractivity contribution is -0.130. The quantitative estimate of drug-likeness (QED) is 0.641. The highest BCUT2D eigenvalue weighted by molar-refractivity contribution is 6.07. The van der Waals surface area contributed by atoms with Gasteiger partial charge in [0.25, 0.3) is 5.91 Å². The van der Waals surface area contributed by atoms with E-state index in [2.05, 4.69) is 30.3 Å². The van der Waals surface area contributed by atoms with Crippen molar-refractivity contribution in [3.63, 3.8) is 0 Å². The smallest absolute Gasteiger partial charge is 0.322 e. The molecule has 0 aromatic heterocycles. The van der Waals surface area contributed by atoms with Crippen molar-refractivity contribution in [2.75, 3.05) is 0 Å². The van der Waals surface area contributed by atoms with E-state index in [-0.39, 0.29) is 5.91 Å². The summed E-state index contributed by atoms with van der Waals surface area (Å²) in [4.78, 5) is 24.2. The molecule has 1 saturated heterocycles. The predicted molar refractivity (Wildman–Crippen MR) is 80.6 cm³/mol. The van der Waals surface area contributed by atoms with Crippen LogP contribution in [0.3, 0.4) is 0 Å². The number of hydrogen-bond donors (Lipinski definition) is 1. The zero-order valence-corrected chi connectivity index (χ0v) is 13.1. The van der Waals surface area contributed by atoms with E-state index >= 15 is 0 Å². The lowest BCUT2D eigenvalue weighted by Gasteiger charge is -2.55. The Balaban J connectivity index is 1.77. The average Bonchev–Trinajstić information content (AvgIpc) is 2.67. The molecule has 2 bridgehead atoms. The van der Waals surface area contributed by atoms with Gasteiger partial charge in [-0.2, -0.15) is 5.10 Å². The molecule has 0 radical (unpaired) electrons. The highest BCUT2D eigenvalue weighted by Gasteiger charge is 2.51. The SMILES string of the molecule is CC[C@]1(C)NC(=O)N(N=CC2=CC[C@H]3C[C@H]2C3(C)C)C1=O. The van der Waals surface area contributed by atoms with Gasteiger partial charge in [-0.05, 0) is 49.0 Å². The second-order valence-electron chi connectivity index (χ2n) is 7.22. The molecular formula is C16H23N3O2. The monoisotopic (exact) mass is 289 g/mol. The molecule has 0 spiro atoms. The van der Waals surface area contributed by atoms with E-state index < -0.39 is 11.6 Å². The predicted octanol–water partition coefficient (Wildman–Crippen LogP) is 2.69. The highest BCUT2D eigenvalue weighted by atomic mass is 16.2. The molecule has 5 nitrogen and oxygen atoms in total. The molecule has 0 aromatic rings. The number of urea groups is 1. The van der Waals surface area contributed by atoms with E-state index in [1.165, 1.54) is 6.42 Å². The molecular weight excluding hydrogens is 266 g/mol. The number of allylic oxidation sites excluding steroid dienone is 2. The summed E-state index contributed by atoms with van der Waals surface area (Å²) >= 11 is 0. The third kappa shape index (κ3) is 1.93. The largest absolute Gasteiger partial charge is 0.346 e. The van der Waals surface area contributed by atoms with Gasteiger partial charge >= 0.3 is 6.03 Å². The number of hydrogen-bond acceptors (Lipinski definition) is 3. The van der Waals surface area contributed by atoms with Crippen molar-refractivity contribution >= 4 is 18.2 Å². The Morgan fingerprint density at radius 2 is 2.14 bits per heavy atom. The minimum absolute atomic E-state index is 0.270. The molecule has 3 amide bonds. The van der Waals surface area contributed by atoms with Crippen molar-refractivity contribution in [3.8, 4) is 0 Å². The molecule has 2 fully saturated rings. The molecule has 114 valence electrons. The maximum atomic E-state index is 12.3. The van der Waals surface area contributed by atoms with Crippen LogP contribution in [0.15, 0.2) is 16.8 Å². The molecule has 4 aliphatic rings. The maximum Gasteiger partial charge on any atom is 0.346 e. The first-order valence-corrected chi connectivity index (χ1v) is 7.70. The number of nitrogens with one attached hydrogen (secondary N) is 1. The summed E-state index contributed by atoms with van der Waals surface area (Å²) in [5, 5.41) is 7.85. The molecule has 1 saturated carbocycles. The molecule has 1 aliphatic heterocycles. The summed E-state index contributed by atoms with van der Waals surface area (Å²) in [5.74, 6) is 0.992. The van der Waals surface area contributed by atoms with Crippen molar-refractivity contribution in [3.05, 3.63) is 11.6 Å². The van der Waals surface area contributed by atoms with E-state index in [4.69, 9.17) is 0 Å². The Kier molecular flexibility index (Phi) is 3.01. The number of carbonyl (C=O) groups excluding carboxylic acids is 2. The second kappa shape index (κ2) is 4.42. The van der Waals surface area contributed by atoms with Crippen LogP contribution in [-0.2, 0) is 4.79 Å². The van der Waals surface area contributed by atoms with Gasteiger partial charge in [0.2, 0.25) is 0 Å². The standard InChI is InChI=1S/C16H23N3O2/c1-5-16(4)13(20)19(14(21)18-16)17-9-10-6-7-11-8-12(10)15(11,2)3/h6,9,11-12H,5,7-8H2,1-4H3,(H,18,21)/t11-,12+,16-/m0/s1. The van der Waals surface area contributed by atoms with Crippen LogP contribution in [0.4, 0.5) is 4.79 Å². The maximum absolute atomic E-state index is 12.3. The molecule has 5 heteroatoms. The van der Waals surface area contributed by atoms with Gasteiger partial charge in [0.15, 0.2) is 0 Å². The zero-order chi connectivity index (χ0) is 15.4. The zero-order valence-electron chi connectivity index (χ0n) is 13.1. The Morgan fingerprint density at radius 3 is 2.67 bits per heavy atom. The van der Waals surface area contributed by atoms with Crippen molar-refractivity contribution < 1.29 is 9.59 Å². The fourth-order valence-electron chi connectivity index (χ4n) is 3.68. The van der Waals surface area contributed by atoms with Crippen LogP contribution < -0.4 is 5.32 Å². The number of imide groups is 1. The molecule has 3 atom stereocenters. The number of carbonyl (C=O) groups is 2. The highest BCUT2D eigenvalue weighted by Crippen LogP contribution is 2.58. The van der Waals surface area contributed by atoms with Gasteiger partial charge in [-0.15, -0.1) is 5.01 Å². The molecule has 0 unspecified atom stereocenters. The molecule has 1 N–H and O–H groups in total. The van der Waals surface area contributed by atoms with Gasteiger partial charge < -0.3 is 5.32 Å². The van der Waals surface area contributed by atoms with Gasteiger partial charge in [-0.3, -0.25) is 4.79 Å². The van der Waals surface area contributed by atoms with Crippen LogP contribution in [0.5, 0.6) is 0 Å². The summed E-state index contributed by atoms with van der Waals surface area (Å²) < 4.78 is 0. The third-order valence-corrected chi connectivity index (χ3v) is 5.78. The van der Waals surface area contributed by atoms with E-state index in [0.29, 0.717) is 17.8 Å². The fourth-order valence-corrected chi connectivity index (χ4v) is 3.68. The van der Waals surface area contributed by atoms with Crippen molar-refractivity contribution in [2.24, 2.45) is 22.4 Å². The molecule has 21 heavy (non-hydrogen) atoms. The van der Waals surface area contributed by atoms with Crippen molar-refractivity contribution in [1.82, 2.24) is 10.3 Å². The first-order valence-electron chi connectivity index (χ1n) is 7.70. The Bertz CT molecular complexity index is 564. The lowest BCUT2D eigenvalue weighted by atomic mass is 9.49. The topological polar surface area (TPSA) is 61.8 Å². The first-order chi connectivity index (χ1) is 9.79. The minimum Gasteiger partial charge on any atom is -0.322 e. The van der Waals surface area contributed by atoms with Crippen molar-refractivity contribution in [1.29, 1.82) is 0 Å². The fraction of sp³-hybridized carbons (Fsp3) is 0.688. The van der Waals surface area contributed by atoms with E-state index in [1.54, 1.807) is 13.1 Å². The molecule has 1 heterocycles. The van der Waals surface area contributed by atoms with Crippen LogP contribution in [0.2, 0.25) is 0 Å². The number of amides is 3. The number of fused-ring (bicyclic) bond motifs is 1. The summed E-state index contributed by atoms with van der Waals surface area (Å²) in [6.07, 6.45) is 6.73. The van der Waals surface area contributed by atoms with Gasteiger partial charge in [0.1, 0.15) is 5.54 Å². The Hall–Kier alpha value is -1.65. The van der Waals surface area contributed by atoms with E-state index in [9.17, 15) is 9.59 Å². The number of rotatable bonds is 3. The van der Waals surface area contributed by atoms with E-state index in [1.807, 2.05) is 6.92 Å². The second-order valence-corrected chi connectivity index (χ2v) is 7.22. The van der Waals surface area contributed by atoms with Crippen LogP contribution in [0.1, 0.15) is 47.0 Å². The Morgan fingerprint density at radius 1 is 1.43 bits per heavy atom. The van der Waals surface area contributed by atoms with Crippen LogP contribution in [0.25, 0.3) is 0 Å². The normalized spacial score (nSPS) is 37.5. The summed E-state index contributed by atoms with van der Waals surface area (Å²) in [6.45, 7) is 8.19. The van der Waals surface area contributed by atoms with Gasteiger partial charge in [0.05, 0.1) is 6.21 Å². The minimum atomic E-state index is -0.823. The summed E-state index contributed by atoms with van der Waals surface area (Å²) in [5.41, 5.74) is 0.648. The first kappa shape index (κ1) is 14.3. The summed E-state index contributed by atoms with van der Waals surface area (Å²) in [7, 11) is 0. The molecule has 3 aliphatic carbocycles. The molecule has 4 rings (SSSR count). The lowest BCUT2D eigenvalue weighted by Crippen LogP contribution is -2.48. The van der Waals surface area contributed by atoms with Gasteiger partial charge in [-0.1, -0.05) is 26.8 Å². The van der Waals surface area contributed by atoms with E-state index in [0.717, 1.165) is 22.9 Å². The number of hydrazone groups is 1. The van der Waals surface area contributed by atoms with Gasteiger partial charge in [-0.25, -0.2) is 4.79 Å². The van der Waals surface area contributed by atoms with Gasteiger partial charge in [0, 0.05) is 0 Å². The Labute approximate surface area is 125 Å².